The average Bonchev–Trinajstić information content (AvgIpc) is 3.71. The number of hydrogen-bond donors (Lipinski definition) is 9. The lowest BCUT2D eigenvalue weighted by molar-refractivity contribution is -0.142. The van der Waals surface area contributed by atoms with Gasteiger partial charge in [-0.1, -0.05) is 30.0 Å². The molecule has 0 aliphatic rings. The highest BCUT2D eigenvalue weighted by Gasteiger charge is 2.22. The predicted molar refractivity (Wildman–Crippen MR) is 227 cm³/mol. The van der Waals surface area contributed by atoms with E-state index in [0.717, 1.165) is 0 Å². The highest BCUT2D eigenvalue weighted by atomic mass is 127. The van der Waals surface area contributed by atoms with Gasteiger partial charge in [0.1, 0.15) is 28.9 Å². The number of carbonyl (C=O) groups excluding carboxylic acids is 5. The van der Waals surface area contributed by atoms with Crippen LogP contribution in [0.25, 0.3) is 0 Å². The number of rotatable bonds is 8. The van der Waals surface area contributed by atoms with Crippen LogP contribution in [0, 0.1) is 0 Å². The van der Waals surface area contributed by atoms with Gasteiger partial charge in [0.15, 0.2) is 5.78 Å². The maximum absolute atomic E-state index is 11.4. The number of H-pyrrole nitrogens is 2. The number of ether oxygens (including phenoxy) is 4. The first-order chi connectivity index (χ1) is 26.4. The molecule has 59 heavy (non-hydrogen) atoms. The van der Waals surface area contributed by atoms with E-state index in [1.165, 1.54) is 14.0 Å². The molecule has 0 fully saturated rings. The third kappa shape index (κ3) is 38.6. The summed E-state index contributed by atoms with van der Waals surface area (Å²) in [5, 5.41) is 18.5. The molecule has 25 nitrogen and oxygen atoms in total. The maximum atomic E-state index is 11.4. The maximum Gasteiger partial charge on any atom is 0.434 e. The largest absolute Gasteiger partial charge is 0.467 e. The van der Waals surface area contributed by atoms with Gasteiger partial charge < -0.3 is 60.7 Å². The van der Waals surface area contributed by atoms with Crippen molar-refractivity contribution < 1.29 is 58.6 Å². The highest BCUT2D eigenvalue weighted by molar-refractivity contribution is 14.1. The first-order valence-electron chi connectivity index (χ1n) is 17.5. The number of nitrogens with two attached hydrogens (primary N) is 4. The molecule has 0 saturated carbocycles. The molecule has 15 N–H and O–H groups in total. The number of alkyl carbamates (subject to hydrolysis) is 3. The van der Waals surface area contributed by atoms with Crippen molar-refractivity contribution in [1.29, 1.82) is 0 Å². The van der Waals surface area contributed by atoms with Crippen LogP contribution in [0.2, 0.25) is 0 Å². The summed E-state index contributed by atoms with van der Waals surface area (Å²) in [7, 11) is 1.26. The summed E-state index contributed by atoms with van der Waals surface area (Å²) in [6, 6.07) is -2.16. The van der Waals surface area contributed by atoms with Gasteiger partial charge in [0.2, 0.25) is 11.8 Å². The van der Waals surface area contributed by atoms with E-state index in [-0.39, 0.29) is 43.1 Å². The van der Waals surface area contributed by atoms with Crippen molar-refractivity contribution in [3.63, 3.8) is 0 Å². The Morgan fingerprint density at radius 1 is 0.746 bits per heavy atom. The molecule has 0 bridgehead atoms. The van der Waals surface area contributed by atoms with E-state index in [0.29, 0.717) is 4.91 Å². The molecular formula is C33H70IN11O14. The minimum Gasteiger partial charge on any atom is -0.467 e. The molecule has 0 radical (unpaired) electrons. The van der Waals surface area contributed by atoms with Gasteiger partial charge in [0.05, 0.1) is 25.7 Å². The summed E-state index contributed by atoms with van der Waals surface area (Å²) in [6.07, 6.45) is -1.83. The number of hydrazine groups is 1. The zero-order chi connectivity index (χ0) is 46.6. The van der Waals surface area contributed by atoms with Crippen molar-refractivity contribution >= 4 is 52.6 Å². The smallest absolute Gasteiger partial charge is 0.434 e. The Balaban J connectivity index is -0.000000156. The third-order valence-electron chi connectivity index (χ3n) is 5.11. The van der Waals surface area contributed by atoms with Crippen LogP contribution >= 0.6 is 22.6 Å². The van der Waals surface area contributed by atoms with E-state index in [1.807, 2.05) is 22.6 Å². The number of ketones is 1. The Labute approximate surface area is 359 Å². The SMILES string of the molecule is C.COC(=O)[C@@H](C)NC(=O)OC(C)(C)C.C[C@@H](N)c1n[nH]c(=O)o1.C[C@@H](NC(=O)OC(C)(C)C)C(=O)CN.C[C@@H](NC(=O)OC(C)(C)C)c1n[nH]c(=O)o1.NN.O.[2H]CI. The van der Waals surface area contributed by atoms with E-state index in [1.54, 1.807) is 83.1 Å². The average molecular weight is 973 g/mol. The first-order valence-corrected chi connectivity index (χ1v) is 18.3. The zero-order valence-electron chi connectivity index (χ0n) is 36.6. The molecule has 4 atom stereocenters. The van der Waals surface area contributed by atoms with Crippen molar-refractivity contribution in [2.45, 2.75) is 138 Å². The fourth-order valence-corrected chi connectivity index (χ4v) is 2.87. The van der Waals surface area contributed by atoms with Crippen LogP contribution in [0.4, 0.5) is 14.4 Å². The van der Waals surface area contributed by atoms with Crippen LogP contribution < -0.4 is 50.6 Å². The molecule has 0 aliphatic carbocycles. The number of Topliss-reactive ketones (excluding diaryl/α,β-unsaturated/α-hetero) is 1. The molecule has 2 aromatic rings. The van der Waals surface area contributed by atoms with Crippen LogP contribution in [0.3, 0.4) is 0 Å². The van der Waals surface area contributed by atoms with Crippen molar-refractivity contribution in [2.75, 3.05) is 18.6 Å². The molecule has 0 unspecified atom stereocenters. The third-order valence-corrected chi connectivity index (χ3v) is 5.11. The summed E-state index contributed by atoms with van der Waals surface area (Å²) in [5.41, 5.74) is 8.74. The number of amides is 3. The number of alkyl halides is 1. The van der Waals surface area contributed by atoms with Gasteiger partial charge in [-0.2, -0.15) is 0 Å². The topological polar surface area (TPSA) is 412 Å². The second kappa shape index (κ2) is 33.2. The summed E-state index contributed by atoms with van der Waals surface area (Å²) in [4.78, 5) is 77.0. The molecule has 0 aliphatic heterocycles. The highest BCUT2D eigenvalue weighted by Crippen LogP contribution is 2.11. The second-order valence-corrected chi connectivity index (χ2v) is 14.0. The molecule has 3 amide bonds. The molecule has 2 aromatic heterocycles. The van der Waals surface area contributed by atoms with Gasteiger partial charge in [-0.3, -0.25) is 16.5 Å². The number of aromatic amines is 2. The summed E-state index contributed by atoms with van der Waals surface area (Å²) < 4.78 is 34.7. The Morgan fingerprint density at radius 2 is 1.07 bits per heavy atom. The Hall–Kier alpha value is -4.64. The van der Waals surface area contributed by atoms with Crippen molar-refractivity contribution in [1.82, 2.24) is 36.3 Å². The number of aromatic nitrogens is 4. The fourth-order valence-electron chi connectivity index (χ4n) is 2.87. The standard InChI is InChI=1S/C9H15N3O4.C9H18N2O3.C9H17NO4.C4H7N3O2.CH3I.CH4.H4N2.H2O/c1-5(6-11-12-8(14)15-6)10-7(13)16-9(2,3)4;1-6(7(12)5-10)11-8(13)14-9(2,3)4;1-6(7(11)13-5)10-8(12)14-9(2,3)4;1-2(5)3-6-7-4(8)9-3;1-2;;1-2;/h5H,1-4H3,(H,10,13)(H,12,14);6H,5,10H2,1-4H3,(H,11,13);6H,1-5H3,(H,10,12);2H,5H2,1H3,(H,7,8);1H3;1H4;1-2H2;1H2/t5-;2*6-;2-;;;;/m1111..../s1/i;;;;1D;;;. The van der Waals surface area contributed by atoms with Gasteiger partial charge >= 0.3 is 35.8 Å². The van der Waals surface area contributed by atoms with Crippen LogP contribution in [0.1, 0.15) is 123 Å². The van der Waals surface area contributed by atoms with Gasteiger partial charge in [0.25, 0.3) is 0 Å². The van der Waals surface area contributed by atoms with Crippen LogP contribution in [0.15, 0.2) is 18.4 Å². The normalized spacial score (nSPS) is 12.3. The number of halogens is 1. The second-order valence-electron chi connectivity index (χ2n) is 14.0. The predicted octanol–water partition coefficient (Wildman–Crippen LogP) is 1.51. The molecule has 348 valence electrons. The summed E-state index contributed by atoms with van der Waals surface area (Å²) in [6.45, 7) is 22.1. The molecule has 26 heteroatoms. The van der Waals surface area contributed by atoms with E-state index < -0.39 is 70.7 Å². The van der Waals surface area contributed by atoms with Gasteiger partial charge in [0, 0.05) is 1.37 Å². The van der Waals surface area contributed by atoms with E-state index in [9.17, 15) is 33.6 Å². The molecule has 2 heterocycles. The fraction of sp³-hybridized carbons (Fsp3) is 0.727. The number of carbonyl (C=O) groups is 5. The number of nitrogens with zero attached hydrogens (tertiary/aromatic N) is 2. The minimum atomic E-state index is -0.699. The lowest BCUT2D eigenvalue weighted by Gasteiger charge is -2.21. The molecule has 0 spiro atoms. The number of esters is 1. The van der Waals surface area contributed by atoms with Gasteiger partial charge in [-0.15, -0.1) is 10.2 Å². The first kappa shape index (κ1) is 63.5. The van der Waals surface area contributed by atoms with E-state index >= 15 is 0 Å². The summed E-state index contributed by atoms with van der Waals surface area (Å²) >= 11 is 1.96. The molecular weight excluding hydrogens is 901 g/mol. The monoisotopic (exact) mass is 972 g/mol. The quantitative estimate of drug-likeness (QED) is 0.0452. The van der Waals surface area contributed by atoms with Crippen molar-refractivity contribution in [2.24, 2.45) is 23.2 Å². The lowest BCUT2D eigenvalue weighted by atomic mass is 10.2. The molecule has 2 rings (SSSR count). The number of nitrogens with one attached hydrogen (secondary N) is 5. The van der Waals surface area contributed by atoms with Gasteiger partial charge in [-0.25, -0.2) is 39.0 Å². The van der Waals surface area contributed by atoms with Crippen molar-refractivity contribution in [3.8, 4) is 0 Å². The molecule has 0 saturated heterocycles. The number of methoxy groups -OCH3 is 1. The van der Waals surface area contributed by atoms with E-state index in [4.69, 9.17) is 27.0 Å². The van der Waals surface area contributed by atoms with E-state index in [2.05, 4.69) is 61.6 Å². The van der Waals surface area contributed by atoms with Crippen LogP contribution in [-0.4, -0.2) is 103 Å². The zero-order valence-corrected chi connectivity index (χ0v) is 37.8. The minimum absolute atomic E-state index is 0. The van der Waals surface area contributed by atoms with Gasteiger partial charge in [-0.05, 0) is 94.9 Å². The molecule has 0 aromatic carbocycles. The number of hydrogen-bond acceptors (Lipinski definition) is 19. The Bertz CT molecular complexity index is 1530. The Kier molecular flexibility index (Phi) is 35.8. The lowest BCUT2D eigenvalue weighted by Crippen LogP contribution is -2.43. The van der Waals surface area contributed by atoms with Crippen LogP contribution in [0.5, 0.6) is 0 Å². The van der Waals surface area contributed by atoms with Crippen molar-refractivity contribution in [3.05, 3.63) is 32.9 Å². The van der Waals surface area contributed by atoms with Crippen LogP contribution in [-0.2, 0) is 28.5 Å². The summed E-state index contributed by atoms with van der Waals surface area (Å²) in [5.74, 6) is 6.39. The Morgan fingerprint density at radius 3 is 1.32 bits per heavy atom.